The van der Waals surface area contributed by atoms with Crippen LogP contribution in [0.15, 0.2) is 53.2 Å². The Morgan fingerprint density at radius 3 is 2.45 bits per heavy atom. The zero-order chi connectivity index (χ0) is 23.8. The van der Waals surface area contributed by atoms with E-state index in [4.69, 9.17) is 5.73 Å². The number of allylic oxidation sites excluding steroid dienone is 1. The molecule has 178 valence electrons. The van der Waals surface area contributed by atoms with Crippen LogP contribution in [0.25, 0.3) is 22.0 Å². The van der Waals surface area contributed by atoms with E-state index < -0.39 is 21.8 Å². The third kappa shape index (κ3) is 4.81. The number of sulfonamides is 1. The van der Waals surface area contributed by atoms with Crippen molar-refractivity contribution < 1.29 is 22.7 Å². The highest BCUT2D eigenvalue weighted by atomic mass is 35.5. The van der Waals surface area contributed by atoms with Crippen molar-refractivity contribution in [1.29, 1.82) is 0 Å². The first-order valence-corrected chi connectivity index (χ1v) is 11.4. The Balaban J connectivity index is 0.00000385. The number of nitrogens with zero attached hydrogens (tertiary/aromatic N) is 2. The Morgan fingerprint density at radius 1 is 1.21 bits per heavy atom. The highest BCUT2D eigenvalue weighted by molar-refractivity contribution is 7.89. The minimum atomic E-state index is -3.70. The van der Waals surface area contributed by atoms with E-state index in [1.807, 2.05) is 0 Å². The summed E-state index contributed by atoms with van der Waals surface area (Å²) >= 11 is 0. The molecule has 0 bridgehead atoms. The maximum Gasteiger partial charge on any atom is 0.335 e. The maximum absolute atomic E-state index is 14.4. The van der Waals surface area contributed by atoms with Gasteiger partial charge in [0.05, 0.1) is 17.0 Å². The molecule has 3 N–H and O–H groups in total. The van der Waals surface area contributed by atoms with Crippen LogP contribution in [0.1, 0.15) is 21.6 Å². The summed E-state index contributed by atoms with van der Waals surface area (Å²) in [6.45, 7) is 3.51. The van der Waals surface area contributed by atoms with Crippen molar-refractivity contribution in [3.05, 3.63) is 65.1 Å². The van der Waals surface area contributed by atoms with E-state index in [0.29, 0.717) is 33.3 Å². The van der Waals surface area contributed by atoms with Gasteiger partial charge in [-0.05, 0) is 55.3 Å². The number of hydrogen-bond acceptors (Lipinski definition) is 4. The van der Waals surface area contributed by atoms with Crippen LogP contribution in [-0.2, 0) is 16.6 Å². The molecule has 0 fully saturated rings. The zero-order valence-corrected chi connectivity index (χ0v) is 20.4. The maximum atomic E-state index is 14.4. The molecule has 0 spiro atoms. The van der Waals surface area contributed by atoms with Gasteiger partial charge in [0.25, 0.3) is 0 Å². The Kier molecular flexibility index (Phi) is 8.08. The van der Waals surface area contributed by atoms with Gasteiger partial charge in [0.15, 0.2) is 0 Å². The van der Waals surface area contributed by atoms with Crippen LogP contribution in [0, 0.1) is 13.8 Å². The van der Waals surface area contributed by atoms with Crippen molar-refractivity contribution in [3.63, 3.8) is 0 Å². The number of carbonyl (C=O) groups is 1. The van der Waals surface area contributed by atoms with E-state index >= 15 is 0 Å². The van der Waals surface area contributed by atoms with Crippen LogP contribution in [0.2, 0.25) is 0 Å². The summed E-state index contributed by atoms with van der Waals surface area (Å²) in [5.74, 6) is -1.50. The molecule has 0 atom stereocenters. The molecule has 7 nitrogen and oxygen atoms in total. The first-order chi connectivity index (χ1) is 15.0. The minimum Gasteiger partial charge on any atom is -0.478 e. The van der Waals surface area contributed by atoms with Gasteiger partial charge in [-0.1, -0.05) is 12.1 Å². The lowest BCUT2D eigenvalue weighted by Crippen LogP contribution is -2.23. The topological polar surface area (TPSA) is 106 Å². The van der Waals surface area contributed by atoms with Gasteiger partial charge in [0.1, 0.15) is 5.83 Å². The predicted molar refractivity (Wildman–Crippen MR) is 130 cm³/mol. The monoisotopic (exact) mass is 495 g/mol. The first-order valence-electron chi connectivity index (χ1n) is 9.94. The zero-order valence-electron chi connectivity index (χ0n) is 18.8. The second-order valence-corrected chi connectivity index (χ2v) is 9.81. The number of halogens is 2. The molecule has 0 aliphatic heterocycles. The average Bonchev–Trinajstić information content (AvgIpc) is 2.99. The van der Waals surface area contributed by atoms with Crippen molar-refractivity contribution >= 4 is 39.3 Å². The third-order valence-electron chi connectivity index (χ3n) is 5.53. The van der Waals surface area contributed by atoms with Gasteiger partial charge >= 0.3 is 5.97 Å². The summed E-state index contributed by atoms with van der Waals surface area (Å²) in [6.07, 6.45) is 1.28. The van der Waals surface area contributed by atoms with E-state index in [9.17, 15) is 22.7 Å². The first kappa shape index (κ1) is 26.5. The fourth-order valence-corrected chi connectivity index (χ4v) is 5.00. The molecule has 0 saturated heterocycles. The van der Waals surface area contributed by atoms with Crippen molar-refractivity contribution in [2.75, 3.05) is 20.6 Å². The van der Waals surface area contributed by atoms with Gasteiger partial charge in [0, 0.05) is 42.8 Å². The number of fused-ring (bicyclic) bond motifs is 1. The lowest BCUT2D eigenvalue weighted by atomic mass is 9.97. The van der Waals surface area contributed by atoms with E-state index in [-0.39, 0.29) is 36.0 Å². The summed E-state index contributed by atoms with van der Waals surface area (Å²) in [7, 11) is -0.771. The van der Waals surface area contributed by atoms with E-state index in [0.717, 1.165) is 4.31 Å². The van der Waals surface area contributed by atoms with Gasteiger partial charge in [0.2, 0.25) is 10.0 Å². The molecular weight excluding hydrogens is 469 g/mol. The average molecular weight is 496 g/mol. The standard InChI is InChI=1S/C23H26FN3O4S.ClH/c1-14-18(6-5-7-21(14)32(30,31)26(3)4)22-15(2)27(13-17(24)10-11-25)20-9-8-16(23(28)29)12-19(20)22;/h5-10,12H,11,13,25H2,1-4H3,(H,28,29);1H. The Labute approximate surface area is 198 Å². The van der Waals surface area contributed by atoms with Gasteiger partial charge in [-0.15, -0.1) is 12.4 Å². The van der Waals surface area contributed by atoms with Gasteiger partial charge in [-0.2, -0.15) is 0 Å². The van der Waals surface area contributed by atoms with Gasteiger partial charge < -0.3 is 15.4 Å². The molecule has 3 rings (SSSR count). The summed E-state index contributed by atoms with van der Waals surface area (Å²) in [5, 5.41) is 10.1. The lowest BCUT2D eigenvalue weighted by molar-refractivity contribution is 0.0697. The van der Waals surface area contributed by atoms with E-state index in [1.54, 1.807) is 36.6 Å². The second kappa shape index (κ2) is 10.0. The van der Waals surface area contributed by atoms with Crippen LogP contribution in [0.3, 0.4) is 0 Å². The molecule has 2 aromatic carbocycles. The number of aromatic nitrogens is 1. The summed E-state index contributed by atoms with van der Waals surface area (Å²) in [6, 6.07) is 9.62. The summed E-state index contributed by atoms with van der Waals surface area (Å²) in [4.78, 5) is 11.8. The van der Waals surface area contributed by atoms with Gasteiger partial charge in [-0.3, -0.25) is 0 Å². The molecule has 1 aromatic heterocycles. The Morgan fingerprint density at radius 2 is 1.88 bits per heavy atom. The molecule has 0 aliphatic carbocycles. The van der Waals surface area contributed by atoms with Crippen molar-refractivity contribution in [2.45, 2.75) is 25.3 Å². The molecule has 3 aromatic rings. The molecule has 0 aliphatic rings. The lowest BCUT2D eigenvalue weighted by Gasteiger charge is -2.16. The largest absolute Gasteiger partial charge is 0.478 e. The Bertz CT molecular complexity index is 1350. The van der Waals surface area contributed by atoms with E-state index in [1.165, 1.54) is 38.4 Å². The van der Waals surface area contributed by atoms with Crippen LogP contribution >= 0.6 is 12.4 Å². The Hall–Kier alpha value is -2.72. The smallest absolute Gasteiger partial charge is 0.335 e. The number of aromatic carboxylic acids is 1. The van der Waals surface area contributed by atoms with Crippen molar-refractivity contribution in [2.24, 2.45) is 5.73 Å². The minimum absolute atomic E-state index is 0. The molecule has 33 heavy (non-hydrogen) atoms. The van der Waals surface area contributed by atoms with Crippen LogP contribution < -0.4 is 5.73 Å². The fraction of sp³-hybridized carbons (Fsp3) is 0.261. The predicted octanol–water partition coefficient (Wildman–Crippen LogP) is 4.11. The normalized spacial score (nSPS) is 12.3. The molecule has 10 heteroatoms. The molecule has 0 unspecified atom stereocenters. The number of rotatable bonds is 7. The second-order valence-electron chi connectivity index (χ2n) is 7.69. The molecular formula is C23H27ClFN3O4S. The van der Waals surface area contributed by atoms with Crippen LogP contribution in [0.5, 0.6) is 0 Å². The van der Waals surface area contributed by atoms with Crippen molar-refractivity contribution in [1.82, 2.24) is 8.87 Å². The molecule has 0 amide bonds. The number of benzene rings is 2. The highest BCUT2D eigenvalue weighted by Crippen LogP contribution is 2.39. The van der Waals surface area contributed by atoms with Crippen molar-refractivity contribution in [3.8, 4) is 11.1 Å². The van der Waals surface area contributed by atoms with Crippen LogP contribution in [-0.4, -0.2) is 49.0 Å². The SMILES string of the molecule is Cc1c(-c2c(C)n(CC(F)=CCN)c3ccc(C(=O)O)cc23)cccc1S(=O)(=O)N(C)C.Cl. The number of hydrogen-bond donors (Lipinski definition) is 2. The summed E-state index contributed by atoms with van der Waals surface area (Å²) < 4.78 is 42.9. The van der Waals surface area contributed by atoms with Gasteiger partial charge in [-0.25, -0.2) is 21.9 Å². The number of carboxylic acids is 1. The molecule has 0 radical (unpaired) electrons. The third-order valence-corrected chi connectivity index (χ3v) is 7.49. The van der Waals surface area contributed by atoms with Crippen LogP contribution in [0.4, 0.5) is 4.39 Å². The summed E-state index contributed by atoms with van der Waals surface area (Å²) in [5.41, 5.74) is 8.68. The highest BCUT2D eigenvalue weighted by Gasteiger charge is 2.24. The number of carboxylic acid groups (broad SMARTS) is 1. The fourth-order valence-electron chi connectivity index (χ4n) is 3.86. The number of nitrogens with two attached hydrogens (primary N) is 1. The molecule has 1 heterocycles. The quantitative estimate of drug-likeness (QED) is 0.513. The van der Waals surface area contributed by atoms with E-state index in [2.05, 4.69) is 0 Å². The molecule has 0 saturated carbocycles.